The zero-order chi connectivity index (χ0) is 15.1. The van der Waals surface area contributed by atoms with Gasteiger partial charge in [-0.3, -0.25) is 0 Å². The van der Waals surface area contributed by atoms with Gasteiger partial charge in [-0.1, -0.05) is 29.8 Å². The van der Waals surface area contributed by atoms with Crippen LogP contribution >= 0.6 is 45.8 Å². The average molecular weight is 438 g/mol. The van der Waals surface area contributed by atoms with Gasteiger partial charge in [0.05, 0.1) is 11.4 Å². The van der Waals surface area contributed by atoms with E-state index in [1.54, 1.807) is 4.68 Å². The van der Waals surface area contributed by atoms with Crippen molar-refractivity contribution in [1.29, 1.82) is 0 Å². The Morgan fingerprint density at radius 3 is 2.67 bits per heavy atom. The lowest BCUT2D eigenvalue weighted by molar-refractivity contribution is 0.00693. The van der Waals surface area contributed by atoms with E-state index in [0.29, 0.717) is 18.0 Å². The summed E-state index contributed by atoms with van der Waals surface area (Å²) >= 11 is 14.9. The first-order chi connectivity index (χ1) is 9.94. The van der Waals surface area contributed by atoms with Crippen LogP contribution < -0.4 is 0 Å². The van der Waals surface area contributed by atoms with Gasteiger partial charge in [0.1, 0.15) is 11.9 Å². The summed E-state index contributed by atoms with van der Waals surface area (Å²) in [6.07, 6.45) is 3.46. The van der Waals surface area contributed by atoms with E-state index in [1.165, 1.54) is 6.33 Å². The van der Waals surface area contributed by atoms with E-state index in [-0.39, 0.29) is 0 Å². The summed E-state index contributed by atoms with van der Waals surface area (Å²) in [5.41, 5.74) is -0.212. The third-order valence-corrected chi connectivity index (χ3v) is 5.88. The summed E-state index contributed by atoms with van der Waals surface area (Å²) in [5, 5.41) is 16.0. The summed E-state index contributed by atoms with van der Waals surface area (Å²) < 4.78 is 2.41. The molecule has 0 aliphatic heterocycles. The summed E-state index contributed by atoms with van der Waals surface area (Å²) in [6, 6.07) is 7.53. The smallest absolute Gasteiger partial charge is 0.189 e. The molecule has 4 nitrogen and oxygen atoms in total. The highest BCUT2D eigenvalue weighted by Gasteiger charge is 2.58. The Hall–Kier alpha value is -0.370. The Kier molecular flexibility index (Phi) is 4.20. The minimum Gasteiger partial charge on any atom is -0.386 e. The van der Waals surface area contributed by atoms with E-state index in [1.807, 2.05) is 24.3 Å². The molecule has 0 spiro atoms. The predicted molar refractivity (Wildman–Crippen MR) is 90.7 cm³/mol. The van der Waals surface area contributed by atoms with Crippen molar-refractivity contribution in [2.24, 2.45) is 0 Å². The maximum atomic E-state index is 11.2. The molecule has 1 heterocycles. The SMILES string of the molecule is OC(Cc1ccccc1Cl)(Cn1ncnc1I)C1(Cl)CC1. The second-order valence-electron chi connectivity index (χ2n) is 5.45. The Labute approximate surface area is 146 Å². The van der Waals surface area contributed by atoms with Gasteiger partial charge in [-0.15, -0.1) is 11.6 Å². The molecule has 1 unspecified atom stereocenters. The number of hydrogen-bond donors (Lipinski definition) is 1. The molecule has 0 radical (unpaired) electrons. The van der Waals surface area contributed by atoms with Crippen LogP contribution in [0.5, 0.6) is 0 Å². The molecular formula is C14H14Cl2IN3O. The van der Waals surface area contributed by atoms with Crippen molar-refractivity contribution in [2.45, 2.75) is 36.3 Å². The zero-order valence-corrected chi connectivity index (χ0v) is 14.8. The maximum Gasteiger partial charge on any atom is 0.189 e. The lowest BCUT2D eigenvalue weighted by Gasteiger charge is -2.33. The standard InChI is InChI=1S/C14H14Cl2IN3O/c15-11-4-2-1-3-10(11)7-14(21,13(16)5-6-13)8-20-12(17)18-9-19-20/h1-4,9,21H,5-8H2. The number of alkyl halides is 1. The zero-order valence-electron chi connectivity index (χ0n) is 11.1. The van der Waals surface area contributed by atoms with Gasteiger partial charge in [-0.2, -0.15) is 5.10 Å². The molecule has 0 saturated heterocycles. The molecule has 0 amide bonds. The summed E-state index contributed by atoms with van der Waals surface area (Å²) in [5.74, 6) is 0. The molecular weight excluding hydrogens is 424 g/mol. The van der Waals surface area contributed by atoms with Gasteiger partial charge in [0.15, 0.2) is 3.83 Å². The highest BCUT2D eigenvalue weighted by Crippen LogP contribution is 2.53. The van der Waals surface area contributed by atoms with Crippen LogP contribution in [0.2, 0.25) is 5.02 Å². The fraction of sp³-hybridized carbons (Fsp3) is 0.429. The number of nitrogens with zero attached hydrogens (tertiary/aromatic N) is 3. The second-order valence-corrected chi connectivity index (χ2v) is 7.55. The number of halogens is 3. The molecule has 1 aliphatic carbocycles. The van der Waals surface area contributed by atoms with Gasteiger partial charge in [0, 0.05) is 34.0 Å². The maximum absolute atomic E-state index is 11.2. The fourth-order valence-electron chi connectivity index (χ4n) is 2.49. The van der Waals surface area contributed by atoms with Crippen molar-refractivity contribution in [3.05, 3.63) is 45.0 Å². The molecule has 2 aromatic rings. The summed E-state index contributed by atoms with van der Waals surface area (Å²) in [7, 11) is 0. The van der Waals surface area contributed by atoms with Gasteiger partial charge in [-0.25, -0.2) is 9.67 Å². The minimum atomic E-state index is -1.10. The Balaban J connectivity index is 1.91. The molecule has 7 heteroatoms. The number of aromatic nitrogens is 3. The largest absolute Gasteiger partial charge is 0.386 e. The molecule has 1 fully saturated rings. The Morgan fingerprint density at radius 2 is 2.10 bits per heavy atom. The van der Waals surface area contributed by atoms with Crippen LogP contribution in [0.4, 0.5) is 0 Å². The number of benzene rings is 1. The monoisotopic (exact) mass is 437 g/mol. The van der Waals surface area contributed by atoms with Gasteiger partial charge in [-0.05, 0) is 24.5 Å². The van der Waals surface area contributed by atoms with Crippen molar-refractivity contribution < 1.29 is 5.11 Å². The van der Waals surface area contributed by atoms with E-state index in [9.17, 15) is 5.11 Å². The third-order valence-electron chi connectivity index (χ3n) is 3.94. The van der Waals surface area contributed by atoms with Gasteiger partial charge in [0.25, 0.3) is 0 Å². The van der Waals surface area contributed by atoms with Crippen LogP contribution in [0.1, 0.15) is 18.4 Å². The molecule has 1 N–H and O–H groups in total. The van der Waals surface area contributed by atoms with Crippen LogP contribution in [0.25, 0.3) is 0 Å². The van der Waals surface area contributed by atoms with Gasteiger partial charge >= 0.3 is 0 Å². The quantitative estimate of drug-likeness (QED) is 0.576. The lowest BCUT2D eigenvalue weighted by Crippen LogP contribution is -2.47. The van der Waals surface area contributed by atoms with Crippen LogP contribution in [0, 0.1) is 3.83 Å². The van der Waals surface area contributed by atoms with Crippen LogP contribution in [-0.4, -0.2) is 30.3 Å². The molecule has 21 heavy (non-hydrogen) atoms. The predicted octanol–water partition coefficient (Wildman–Crippen LogP) is 3.28. The second kappa shape index (κ2) is 5.68. The highest BCUT2D eigenvalue weighted by atomic mass is 127. The Morgan fingerprint density at radius 1 is 1.38 bits per heavy atom. The fourth-order valence-corrected chi connectivity index (χ4v) is 3.34. The highest BCUT2D eigenvalue weighted by molar-refractivity contribution is 14.1. The van der Waals surface area contributed by atoms with Crippen molar-refractivity contribution in [3.63, 3.8) is 0 Å². The number of rotatable bonds is 5. The average Bonchev–Trinajstić information content (AvgIpc) is 3.09. The topological polar surface area (TPSA) is 50.9 Å². The first-order valence-electron chi connectivity index (χ1n) is 6.62. The first-order valence-corrected chi connectivity index (χ1v) is 8.45. The van der Waals surface area contributed by atoms with Crippen molar-refractivity contribution in [3.8, 4) is 0 Å². The summed E-state index contributed by atoms with van der Waals surface area (Å²) in [6.45, 7) is 0.306. The minimum absolute atomic E-state index is 0.306. The van der Waals surface area contributed by atoms with Gasteiger partial charge in [0.2, 0.25) is 0 Å². The van der Waals surface area contributed by atoms with Crippen LogP contribution in [0.3, 0.4) is 0 Å². The molecule has 3 rings (SSSR count). The van der Waals surface area contributed by atoms with Crippen molar-refractivity contribution in [2.75, 3.05) is 0 Å². The van der Waals surface area contributed by atoms with E-state index in [4.69, 9.17) is 23.2 Å². The normalized spacial score (nSPS) is 19.2. The number of hydrogen-bond acceptors (Lipinski definition) is 3. The van der Waals surface area contributed by atoms with Gasteiger partial charge < -0.3 is 5.11 Å². The van der Waals surface area contributed by atoms with E-state index < -0.39 is 10.5 Å². The molecule has 1 aromatic carbocycles. The van der Waals surface area contributed by atoms with E-state index >= 15 is 0 Å². The van der Waals surface area contributed by atoms with Crippen LogP contribution in [-0.2, 0) is 13.0 Å². The van der Waals surface area contributed by atoms with E-state index in [0.717, 1.165) is 22.2 Å². The molecule has 1 atom stereocenters. The van der Waals surface area contributed by atoms with Crippen molar-refractivity contribution in [1.82, 2.24) is 14.8 Å². The van der Waals surface area contributed by atoms with Crippen molar-refractivity contribution >= 4 is 45.8 Å². The van der Waals surface area contributed by atoms with E-state index in [2.05, 4.69) is 32.7 Å². The molecule has 0 bridgehead atoms. The van der Waals surface area contributed by atoms with Crippen LogP contribution in [0.15, 0.2) is 30.6 Å². The first kappa shape index (κ1) is 15.5. The lowest BCUT2D eigenvalue weighted by atomic mass is 9.89. The molecule has 1 aromatic heterocycles. The summed E-state index contributed by atoms with van der Waals surface area (Å²) in [4.78, 5) is 3.48. The Bertz CT molecular complexity index is 659. The third kappa shape index (κ3) is 3.06. The molecule has 1 saturated carbocycles. The number of aliphatic hydroxyl groups is 1. The molecule has 1 aliphatic rings. The molecule has 112 valence electrons.